The van der Waals surface area contributed by atoms with Gasteiger partial charge in [-0.2, -0.15) is 0 Å². The summed E-state index contributed by atoms with van der Waals surface area (Å²) in [5, 5.41) is 3.58. The maximum absolute atomic E-state index is 3.58. The van der Waals surface area contributed by atoms with Crippen LogP contribution < -0.4 is 5.32 Å². The molecule has 0 bridgehead atoms. The molecule has 3 nitrogen and oxygen atoms in total. The average molecular weight is 267 g/mol. The number of nitrogens with one attached hydrogen (secondary N) is 1. The Hall–Kier alpha value is -0.120. The molecule has 0 aromatic rings. The van der Waals surface area contributed by atoms with Gasteiger partial charge in [0.25, 0.3) is 0 Å². The van der Waals surface area contributed by atoms with E-state index in [1.54, 1.807) is 0 Å². The summed E-state index contributed by atoms with van der Waals surface area (Å²) in [6.45, 7) is 13.5. The Morgan fingerprint density at radius 2 is 1.84 bits per heavy atom. The zero-order valence-electron chi connectivity index (χ0n) is 13.0. The summed E-state index contributed by atoms with van der Waals surface area (Å²) in [5.74, 6) is 0.822. The molecule has 2 saturated heterocycles. The lowest BCUT2D eigenvalue weighted by Crippen LogP contribution is -2.41. The van der Waals surface area contributed by atoms with Crippen molar-refractivity contribution in [2.75, 3.05) is 45.8 Å². The van der Waals surface area contributed by atoms with Crippen LogP contribution in [0.2, 0.25) is 0 Å². The van der Waals surface area contributed by atoms with Gasteiger partial charge in [-0.25, -0.2) is 0 Å². The zero-order valence-corrected chi connectivity index (χ0v) is 13.0. The molecule has 0 saturated carbocycles. The SMILES string of the molecule is CC(C)CCNCCN1CCC(N2CCCCC2)C1. The molecule has 112 valence electrons. The first-order valence-electron chi connectivity index (χ1n) is 8.43. The van der Waals surface area contributed by atoms with Gasteiger partial charge in [0, 0.05) is 25.7 Å². The molecule has 0 aromatic carbocycles. The van der Waals surface area contributed by atoms with Gasteiger partial charge >= 0.3 is 0 Å². The quantitative estimate of drug-likeness (QED) is 0.713. The third-order valence-electron chi connectivity index (χ3n) is 4.66. The molecule has 0 radical (unpaired) electrons. The van der Waals surface area contributed by atoms with E-state index >= 15 is 0 Å². The fourth-order valence-corrected chi connectivity index (χ4v) is 3.35. The number of hydrogen-bond acceptors (Lipinski definition) is 3. The third kappa shape index (κ3) is 5.41. The van der Waals surface area contributed by atoms with Gasteiger partial charge in [-0.15, -0.1) is 0 Å². The van der Waals surface area contributed by atoms with Crippen LogP contribution >= 0.6 is 0 Å². The molecule has 1 N–H and O–H groups in total. The van der Waals surface area contributed by atoms with Gasteiger partial charge in [0.15, 0.2) is 0 Å². The van der Waals surface area contributed by atoms with Crippen molar-refractivity contribution in [3.8, 4) is 0 Å². The van der Waals surface area contributed by atoms with Crippen LogP contribution in [0, 0.1) is 5.92 Å². The van der Waals surface area contributed by atoms with E-state index in [-0.39, 0.29) is 0 Å². The molecule has 2 fully saturated rings. The van der Waals surface area contributed by atoms with Gasteiger partial charge in [-0.3, -0.25) is 4.90 Å². The lowest BCUT2D eigenvalue weighted by atomic mass is 10.1. The molecule has 3 heteroatoms. The second-order valence-electron chi connectivity index (χ2n) is 6.77. The van der Waals surface area contributed by atoms with Crippen molar-refractivity contribution >= 4 is 0 Å². The fraction of sp³-hybridized carbons (Fsp3) is 1.00. The standard InChI is InChI=1S/C16H33N3/c1-15(2)6-8-17-9-13-18-12-7-16(14-18)19-10-4-3-5-11-19/h15-17H,3-14H2,1-2H3. The number of hydrogen-bond donors (Lipinski definition) is 1. The molecule has 0 spiro atoms. The minimum Gasteiger partial charge on any atom is -0.315 e. The molecule has 19 heavy (non-hydrogen) atoms. The Morgan fingerprint density at radius 1 is 1.05 bits per heavy atom. The van der Waals surface area contributed by atoms with Crippen molar-refractivity contribution in [3.05, 3.63) is 0 Å². The molecule has 0 aliphatic carbocycles. The van der Waals surface area contributed by atoms with Crippen molar-refractivity contribution < 1.29 is 0 Å². The average Bonchev–Trinajstić information content (AvgIpc) is 2.88. The number of rotatable bonds is 7. The van der Waals surface area contributed by atoms with Crippen LogP contribution in [-0.4, -0.2) is 61.7 Å². The molecule has 2 rings (SSSR count). The summed E-state index contributed by atoms with van der Waals surface area (Å²) in [7, 11) is 0. The summed E-state index contributed by atoms with van der Waals surface area (Å²) in [4.78, 5) is 5.40. The predicted octanol–water partition coefficient (Wildman–Crippen LogP) is 2.18. The van der Waals surface area contributed by atoms with Crippen molar-refractivity contribution in [1.29, 1.82) is 0 Å². The highest BCUT2D eigenvalue weighted by atomic mass is 15.3. The third-order valence-corrected chi connectivity index (χ3v) is 4.66. The maximum Gasteiger partial charge on any atom is 0.0235 e. The van der Waals surface area contributed by atoms with Gasteiger partial charge in [-0.05, 0) is 57.8 Å². The van der Waals surface area contributed by atoms with Crippen LogP contribution in [0.1, 0.15) is 46.0 Å². The van der Waals surface area contributed by atoms with Crippen molar-refractivity contribution in [1.82, 2.24) is 15.1 Å². The molecule has 1 unspecified atom stereocenters. The van der Waals surface area contributed by atoms with Gasteiger partial charge < -0.3 is 10.2 Å². The molecule has 0 amide bonds. The Labute approximate surface area is 119 Å². The van der Waals surface area contributed by atoms with Crippen LogP contribution in [0.15, 0.2) is 0 Å². The molecule has 2 aliphatic rings. The highest BCUT2D eigenvalue weighted by Crippen LogP contribution is 2.19. The van der Waals surface area contributed by atoms with Crippen LogP contribution in [0.5, 0.6) is 0 Å². The molecule has 2 heterocycles. The maximum atomic E-state index is 3.58. The Bertz CT molecular complexity index is 236. The molecular weight excluding hydrogens is 234 g/mol. The second kappa shape index (κ2) is 8.23. The van der Waals surface area contributed by atoms with E-state index in [0.717, 1.165) is 12.0 Å². The minimum atomic E-state index is 0.822. The Balaban J connectivity index is 1.54. The van der Waals surface area contributed by atoms with E-state index in [4.69, 9.17) is 0 Å². The van der Waals surface area contributed by atoms with E-state index in [2.05, 4.69) is 29.0 Å². The summed E-state index contributed by atoms with van der Waals surface area (Å²) in [5.41, 5.74) is 0. The van der Waals surface area contributed by atoms with Crippen LogP contribution in [0.25, 0.3) is 0 Å². The smallest absolute Gasteiger partial charge is 0.0235 e. The highest BCUT2D eigenvalue weighted by Gasteiger charge is 2.27. The molecule has 2 aliphatic heterocycles. The van der Waals surface area contributed by atoms with Gasteiger partial charge in [-0.1, -0.05) is 20.3 Å². The minimum absolute atomic E-state index is 0.822. The predicted molar refractivity (Wildman–Crippen MR) is 82.6 cm³/mol. The summed E-state index contributed by atoms with van der Waals surface area (Å²) >= 11 is 0. The lowest BCUT2D eigenvalue weighted by molar-refractivity contribution is 0.162. The monoisotopic (exact) mass is 267 g/mol. The van der Waals surface area contributed by atoms with Crippen molar-refractivity contribution in [2.45, 2.75) is 52.0 Å². The highest BCUT2D eigenvalue weighted by molar-refractivity contribution is 4.84. The summed E-state index contributed by atoms with van der Waals surface area (Å²) < 4.78 is 0. The van der Waals surface area contributed by atoms with E-state index < -0.39 is 0 Å². The van der Waals surface area contributed by atoms with Crippen LogP contribution in [0.4, 0.5) is 0 Å². The van der Waals surface area contributed by atoms with Crippen molar-refractivity contribution in [2.24, 2.45) is 5.92 Å². The normalized spacial score (nSPS) is 26.4. The fourth-order valence-electron chi connectivity index (χ4n) is 3.35. The Kier molecular flexibility index (Phi) is 6.62. The largest absolute Gasteiger partial charge is 0.315 e. The summed E-state index contributed by atoms with van der Waals surface area (Å²) in [6.07, 6.45) is 7.00. The first-order chi connectivity index (χ1) is 9.25. The van der Waals surface area contributed by atoms with E-state index in [1.165, 1.54) is 77.9 Å². The number of piperidine rings is 1. The lowest BCUT2D eigenvalue weighted by Gasteiger charge is -2.32. The first kappa shape index (κ1) is 15.3. The van der Waals surface area contributed by atoms with Gasteiger partial charge in [0.05, 0.1) is 0 Å². The zero-order chi connectivity index (χ0) is 13.5. The molecular formula is C16H33N3. The second-order valence-corrected chi connectivity index (χ2v) is 6.77. The van der Waals surface area contributed by atoms with Crippen molar-refractivity contribution in [3.63, 3.8) is 0 Å². The number of nitrogens with zero attached hydrogens (tertiary/aromatic N) is 2. The number of likely N-dealkylation sites (tertiary alicyclic amines) is 2. The Morgan fingerprint density at radius 3 is 2.58 bits per heavy atom. The van der Waals surface area contributed by atoms with E-state index in [9.17, 15) is 0 Å². The van der Waals surface area contributed by atoms with Crippen LogP contribution in [0.3, 0.4) is 0 Å². The van der Waals surface area contributed by atoms with E-state index in [1.807, 2.05) is 0 Å². The molecule has 0 aromatic heterocycles. The first-order valence-corrected chi connectivity index (χ1v) is 8.43. The summed E-state index contributed by atoms with van der Waals surface area (Å²) in [6, 6.07) is 0.857. The molecule has 1 atom stereocenters. The van der Waals surface area contributed by atoms with Crippen LogP contribution in [-0.2, 0) is 0 Å². The van der Waals surface area contributed by atoms with Gasteiger partial charge in [0.1, 0.15) is 0 Å². The van der Waals surface area contributed by atoms with E-state index in [0.29, 0.717) is 0 Å². The topological polar surface area (TPSA) is 18.5 Å². The van der Waals surface area contributed by atoms with Gasteiger partial charge in [0.2, 0.25) is 0 Å².